The second kappa shape index (κ2) is 8.62. The molecule has 1 saturated heterocycles. The van der Waals surface area contributed by atoms with Crippen LogP contribution >= 0.6 is 22.6 Å². The van der Waals surface area contributed by atoms with E-state index in [0.717, 1.165) is 6.92 Å². The van der Waals surface area contributed by atoms with Crippen LogP contribution < -0.4 is 5.32 Å². The summed E-state index contributed by atoms with van der Waals surface area (Å²) in [6, 6.07) is 5.57. The Morgan fingerprint density at radius 2 is 2.00 bits per heavy atom. The van der Waals surface area contributed by atoms with Crippen LogP contribution in [-0.2, 0) is 16.1 Å². The van der Waals surface area contributed by atoms with Crippen molar-refractivity contribution in [3.05, 3.63) is 56.7 Å². The van der Waals surface area contributed by atoms with E-state index < -0.39 is 41.4 Å². The zero-order chi connectivity index (χ0) is 23.1. The molecule has 5 nitrogen and oxygen atoms in total. The predicted octanol–water partition coefficient (Wildman–Crippen LogP) is 4.70. The van der Waals surface area contributed by atoms with Crippen molar-refractivity contribution in [2.45, 2.75) is 51.2 Å². The molecule has 0 aliphatic carbocycles. The number of alkyl halides is 3. The molecule has 1 fully saturated rings. The molecule has 1 aliphatic heterocycles. The Kier molecular flexibility index (Phi) is 6.64. The number of aliphatic hydroxyl groups is 1. The normalized spacial score (nSPS) is 26.2. The lowest BCUT2D eigenvalue weighted by molar-refractivity contribution is -0.272. The smallest absolute Gasteiger partial charge is 0.390 e. The summed E-state index contributed by atoms with van der Waals surface area (Å²) < 4.78 is 61.4. The highest BCUT2D eigenvalue weighted by molar-refractivity contribution is 14.1. The molecule has 1 aromatic heterocycles. The third-order valence-corrected chi connectivity index (χ3v) is 7.25. The van der Waals surface area contributed by atoms with Crippen LogP contribution in [0.2, 0.25) is 0 Å². The number of hydrogen-bond donors (Lipinski definition) is 2. The van der Waals surface area contributed by atoms with Crippen molar-refractivity contribution < 1.29 is 32.2 Å². The molecule has 3 rings (SSSR count). The van der Waals surface area contributed by atoms with E-state index >= 15 is 0 Å². The fraction of sp³-hybridized carbons (Fsp3) is 0.429. The van der Waals surface area contributed by atoms with E-state index in [0.29, 0.717) is 16.8 Å². The molecule has 2 heterocycles. The number of aromatic nitrogens is 1. The summed E-state index contributed by atoms with van der Waals surface area (Å²) in [6.45, 7) is 3.65. The number of amides is 1. The highest BCUT2D eigenvalue weighted by atomic mass is 127. The Bertz CT molecular complexity index is 984. The minimum Gasteiger partial charge on any atom is -0.390 e. The van der Waals surface area contributed by atoms with E-state index in [9.17, 15) is 22.4 Å². The Morgan fingerprint density at radius 1 is 1.32 bits per heavy atom. The number of anilines is 1. The van der Waals surface area contributed by atoms with Crippen molar-refractivity contribution in [2.24, 2.45) is 5.92 Å². The number of benzene rings is 1. The molecule has 1 aliphatic rings. The lowest BCUT2D eigenvalue weighted by atomic mass is 9.76. The van der Waals surface area contributed by atoms with Crippen molar-refractivity contribution >= 4 is 34.2 Å². The van der Waals surface area contributed by atoms with Gasteiger partial charge in [0.15, 0.2) is 5.60 Å². The van der Waals surface area contributed by atoms with Crippen LogP contribution in [0.5, 0.6) is 0 Å². The van der Waals surface area contributed by atoms with Gasteiger partial charge in [0.05, 0.1) is 27.8 Å². The van der Waals surface area contributed by atoms with E-state index in [1.54, 1.807) is 29.5 Å². The van der Waals surface area contributed by atoms with Gasteiger partial charge in [0.1, 0.15) is 11.9 Å². The van der Waals surface area contributed by atoms with Gasteiger partial charge in [-0.15, -0.1) is 0 Å². The fourth-order valence-electron chi connectivity index (χ4n) is 3.86. The monoisotopic (exact) mass is 552 g/mol. The van der Waals surface area contributed by atoms with Gasteiger partial charge in [-0.3, -0.25) is 9.78 Å². The minimum absolute atomic E-state index is 0.253. The molecule has 31 heavy (non-hydrogen) atoms. The van der Waals surface area contributed by atoms with E-state index in [1.165, 1.54) is 37.4 Å². The molecule has 1 amide bonds. The number of carbonyl (C=O) groups is 1. The quantitative estimate of drug-likeness (QED) is 0.426. The van der Waals surface area contributed by atoms with Crippen molar-refractivity contribution in [2.75, 3.05) is 5.32 Å². The number of rotatable bonds is 4. The molecule has 2 N–H and O–H groups in total. The summed E-state index contributed by atoms with van der Waals surface area (Å²) in [4.78, 5) is 17.0. The third-order valence-electron chi connectivity index (χ3n) is 5.92. The molecule has 168 valence electrons. The first-order valence-corrected chi connectivity index (χ1v) is 10.5. The SMILES string of the molecule is Cc1c([C@H]2[C@H](C(=O)Nc3ccc(CO)nc3)O[C@@](C)(C(F)(F)F)[C@H]2C)ccc(F)c1I. The van der Waals surface area contributed by atoms with E-state index in [2.05, 4.69) is 10.3 Å². The summed E-state index contributed by atoms with van der Waals surface area (Å²) in [5.41, 5.74) is -1.03. The molecule has 2 aromatic rings. The van der Waals surface area contributed by atoms with Crippen LogP contribution in [0.15, 0.2) is 30.5 Å². The van der Waals surface area contributed by atoms with Gasteiger partial charge in [0.2, 0.25) is 0 Å². The topological polar surface area (TPSA) is 71.5 Å². The van der Waals surface area contributed by atoms with Gasteiger partial charge in [-0.2, -0.15) is 13.2 Å². The van der Waals surface area contributed by atoms with Crippen LogP contribution in [0.4, 0.5) is 23.2 Å². The molecule has 0 spiro atoms. The van der Waals surface area contributed by atoms with Gasteiger partial charge in [-0.25, -0.2) is 4.39 Å². The van der Waals surface area contributed by atoms with E-state index in [4.69, 9.17) is 9.84 Å². The minimum atomic E-state index is -4.72. The van der Waals surface area contributed by atoms with Gasteiger partial charge in [-0.1, -0.05) is 13.0 Å². The number of nitrogens with one attached hydrogen (secondary N) is 1. The van der Waals surface area contributed by atoms with Gasteiger partial charge in [0.25, 0.3) is 5.91 Å². The predicted molar refractivity (Wildman–Crippen MR) is 114 cm³/mol. The van der Waals surface area contributed by atoms with Gasteiger partial charge < -0.3 is 15.2 Å². The molecular formula is C21H21F4IN2O3. The standard InChI is InChI=1S/C21H21F4IN2O3/c1-10-14(6-7-15(22)17(10)26)16-11(2)20(3,21(23,24)25)31-18(16)19(30)28-12-4-5-13(9-29)27-8-12/h4-8,11,16,18,29H,9H2,1-3H3,(H,28,30)/t11-,16-,18+,20+/m0/s1. The van der Waals surface area contributed by atoms with Crippen molar-refractivity contribution in [3.8, 4) is 0 Å². The average Bonchev–Trinajstić information content (AvgIpc) is 2.99. The largest absolute Gasteiger partial charge is 0.417 e. The number of nitrogens with zero attached hydrogens (tertiary/aromatic N) is 1. The van der Waals surface area contributed by atoms with Crippen LogP contribution in [0.25, 0.3) is 0 Å². The number of ether oxygens (including phenoxy) is 1. The van der Waals surface area contributed by atoms with Gasteiger partial charge in [-0.05, 0) is 65.8 Å². The summed E-state index contributed by atoms with van der Waals surface area (Å²) in [6.07, 6.45) is -4.88. The molecule has 4 atom stereocenters. The van der Waals surface area contributed by atoms with Crippen LogP contribution in [-0.4, -0.2) is 33.9 Å². The zero-order valence-corrected chi connectivity index (χ0v) is 19.1. The van der Waals surface area contributed by atoms with E-state index in [1.807, 2.05) is 0 Å². The van der Waals surface area contributed by atoms with Crippen LogP contribution in [0.3, 0.4) is 0 Å². The summed E-state index contributed by atoms with van der Waals surface area (Å²) in [5.74, 6) is -3.31. The summed E-state index contributed by atoms with van der Waals surface area (Å²) >= 11 is 1.80. The second-order valence-corrected chi connectivity index (χ2v) is 8.80. The maximum absolute atomic E-state index is 14.0. The Morgan fingerprint density at radius 3 is 2.55 bits per heavy atom. The molecule has 0 bridgehead atoms. The Labute approximate surface area is 190 Å². The molecule has 0 saturated carbocycles. The van der Waals surface area contributed by atoms with E-state index in [-0.39, 0.29) is 15.9 Å². The fourth-order valence-corrected chi connectivity index (χ4v) is 4.35. The Hall–Kier alpha value is -1.79. The number of hydrogen-bond acceptors (Lipinski definition) is 4. The summed E-state index contributed by atoms with van der Waals surface area (Å²) in [5, 5.41) is 11.6. The number of carbonyl (C=O) groups excluding carboxylic acids is 1. The maximum atomic E-state index is 14.0. The number of pyridine rings is 1. The van der Waals surface area contributed by atoms with Crippen molar-refractivity contribution in [3.63, 3.8) is 0 Å². The number of aliphatic hydroxyl groups excluding tert-OH is 1. The average molecular weight is 552 g/mol. The molecular weight excluding hydrogens is 531 g/mol. The highest BCUT2D eigenvalue weighted by Gasteiger charge is 2.65. The maximum Gasteiger partial charge on any atom is 0.417 e. The molecule has 0 radical (unpaired) electrons. The Balaban J connectivity index is 2.02. The molecule has 1 aromatic carbocycles. The van der Waals surface area contributed by atoms with Gasteiger partial charge in [0, 0.05) is 11.8 Å². The lowest BCUT2D eigenvalue weighted by Crippen LogP contribution is -2.47. The van der Waals surface area contributed by atoms with Crippen LogP contribution in [0.1, 0.15) is 36.6 Å². The second-order valence-electron chi connectivity index (χ2n) is 7.72. The highest BCUT2D eigenvalue weighted by Crippen LogP contribution is 2.54. The van der Waals surface area contributed by atoms with Crippen molar-refractivity contribution in [1.29, 1.82) is 0 Å². The zero-order valence-electron chi connectivity index (χ0n) is 16.9. The van der Waals surface area contributed by atoms with Crippen LogP contribution in [0, 0.1) is 22.2 Å². The molecule has 0 unspecified atom stereocenters. The lowest BCUT2D eigenvalue weighted by Gasteiger charge is -2.32. The first kappa shape index (κ1) is 23.9. The third kappa shape index (κ3) is 4.29. The first-order chi connectivity index (χ1) is 14.4. The van der Waals surface area contributed by atoms with Crippen molar-refractivity contribution in [1.82, 2.24) is 4.98 Å². The van der Waals surface area contributed by atoms with Gasteiger partial charge >= 0.3 is 6.18 Å². The molecule has 10 heteroatoms. The number of halogens is 5. The first-order valence-electron chi connectivity index (χ1n) is 9.46. The summed E-state index contributed by atoms with van der Waals surface area (Å²) in [7, 11) is 0.